The number of rotatable bonds is 7. The summed E-state index contributed by atoms with van der Waals surface area (Å²) < 4.78 is 0. The molecule has 18 heavy (non-hydrogen) atoms. The standard InChI is InChI=1S/C13H25ClN2O2/c1-5-6-7-8-13(3,4)9-15-12(18)16-11(17)10(2)14/h10H,5-9H2,1-4H3,(H2,15,16,17,18). The second-order valence-corrected chi connectivity index (χ2v) is 6.06. The summed E-state index contributed by atoms with van der Waals surface area (Å²) in [5.74, 6) is -0.474. The van der Waals surface area contributed by atoms with Crippen LogP contribution in [0, 0.1) is 5.41 Å². The Kier molecular flexibility index (Phi) is 8.00. The number of hydrogen-bond donors (Lipinski definition) is 2. The zero-order chi connectivity index (χ0) is 14.2. The molecule has 4 nitrogen and oxygen atoms in total. The number of nitrogens with one attached hydrogen (secondary N) is 2. The van der Waals surface area contributed by atoms with Gasteiger partial charge in [0.2, 0.25) is 5.91 Å². The van der Waals surface area contributed by atoms with Gasteiger partial charge in [-0.25, -0.2) is 4.79 Å². The molecule has 0 rings (SSSR count). The molecule has 0 aromatic heterocycles. The maximum atomic E-state index is 11.4. The SMILES string of the molecule is CCCCCC(C)(C)CNC(=O)NC(=O)C(C)Cl. The number of alkyl halides is 1. The highest BCUT2D eigenvalue weighted by molar-refractivity contribution is 6.31. The Bertz CT molecular complexity index is 278. The van der Waals surface area contributed by atoms with E-state index in [9.17, 15) is 9.59 Å². The molecule has 106 valence electrons. The van der Waals surface area contributed by atoms with E-state index in [0.717, 1.165) is 12.8 Å². The molecule has 5 heteroatoms. The number of imide groups is 1. The number of hydrogen-bond acceptors (Lipinski definition) is 2. The topological polar surface area (TPSA) is 58.2 Å². The molecule has 0 saturated carbocycles. The normalized spacial score (nSPS) is 12.9. The van der Waals surface area contributed by atoms with Crippen molar-refractivity contribution in [3.63, 3.8) is 0 Å². The summed E-state index contributed by atoms with van der Waals surface area (Å²) >= 11 is 5.55. The summed E-state index contributed by atoms with van der Waals surface area (Å²) in [5, 5.41) is 4.20. The maximum absolute atomic E-state index is 11.4. The molecule has 1 atom stereocenters. The van der Waals surface area contributed by atoms with Gasteiger partial charge < -0.3 is 5.32 Å². The Morgan fingerprint density at radius 1 is 1.28 bits per heavy atom. The van der Waals surface area contributed by atoms with Crippen LogP contribution in [0.2, 0.25) is 0 Å². The van der Waals surface area contributed by atoms with E-state index in [2.05, 4.69) is 31.4 Å². The molecule has 1 unspecified atom stereocenters. The lowest BCUT2D eigenvalue weighted by Gasteiger charge is -2.24. The van der Waals surface area contributed by atoms with E-state index in [1.54, 1.807) is 0 Å². The van der Waals surface area contributed by atoms with E-state index >= 15 is 0 Å². The molecule has 0 radical (unpaired) electrons. The van der Waals surface area contributed by atoms with E-state index in [1.807, 2.05) is 0 Å². The summed E-state index contributed by atoms with van der Waals surface area (Å²) in [7, 11) is 0. The number of amides is 3. The second kappa shape index (κ2) is 8.35. The number of carbonyl (C=O) groups excluding carboxylic acids is 2. The third-order valence-electron chi connectivity index (χ3n) is 2.78. The summed E-state index contributed by atoms with van der Waals surface area (Å²) in [5.41, 5.74) is 0.0438. The van der Waals surface area contributed by atoms with Crippen molar-refractivity contribution in [3.8, 4) is 0 Å². The Balaban J connectivity index is 3.92. The van der Waals surface area contributed by atoms with Crippen LogP contribution in [0.5, 0.6) is 0 Å². The van der Waals surface area contributed by atoms with Crippen LogP contribution in [-0.2, 0) is 4.79 Å². The molecule has 0 fully saturated rings. The first-order chi connectivity index (χ1) is 8.28. The molecule has 0 heterocycles. The molecule has 3 amide bonds. The van der Waals surface area contributed by atoms with E-state index in [0.29, 0.717) is 6.54 Å². The lowest BCUT2D eigenvalue weighted by molar-refractivity contribution is -0.119. The average Bonchev–Trinajstić information content (AvgIpc) is 2.26. The number of halogens is 1. The molecule has 0 aliphatic carbocycles. The van der Waals surface area contributed by atoms with E-state index in [4.69, 9.17) is 11.6 Å². The van der Waals surface area contributed by atoms with Gasteiger partial charge in [0.15, 0.2) is 0 Å². The fraction of sp³-hybridized carbons (Fsp3) is 0.846. The molecule has 0 aromatic rings. The third kappa shape index (κ3) is 8.34. The molecular weight excluding hydrogens is 252 g/mol. The van der Waals surface area contributed by atoms with Crippen LogP contribution in [0.1, 0.15) is 53.4 Å². The van der Waals surface area contributed by atoms with Crippen LogP contribution >= 0.6 is 11.6 Å². The van der Waals surface area contributed by atoms with Gasteiger partial charge in [0.1, 0.15) is 5.38 Å². The molecule has 2 N–H and O–H groups in total. The van der Waals surface area contributed by atoms with Gasteiger partial charge in [0.25, 0.3) is 0 Å². The summed E-state index contributed by atoms with van der Waals surface area (Å²) in [6.07, 6.45) is 4.61. The van der Waals surface area contributed by atoms with Crippen molar-refractivity contribution in [1.29, 1.82) is 0 Å². The molecule has 0 bridgehead atoms. The first-order valence-corrected chi connectivity index (χ1v) is 6.95. The number of carbonyl (C=O) groups is 2. The minimum absolute atomic E-state index is 0.0438. The van der Waals surface area contributed by atoms with E-state index in [1.165, 1.54) is 19.8 Å². The number of urea groups is 1. The molecule has 0 aromatic carbocycles. The van der Waals surface area contributed by atoms with Crippen molar-refractivity contribution in [2.75, 3.05) is 6.54 Å². The summed E-state index contributed by atoms with van der Waals surface area (Å²) in [6.45, 7) is 8.45. The lowest BCUT2D eigenvalue weighted by Crippen LogP contribution is -2.45. The summed E-state index contributed by atoms with van der Waals surface area (Å²) in [6, 6.07) is -0.476. The van der Waals surface area contributed by atoms with Gasteiger partial charge in [0.05, 0.1) is 0 Å². The largest absolute Gasteiger partial charge is 0.337 e. The maximum Gasteiger partial charge on any atom is 0.321 e. The van der Waals surface area contributed by atoms with Crippen LogP contribution < -0.4 is 10.6 Å². The summed E-state index contributed by atoms with van der Waals surface area (Å²) in [4.78, 5) is 22.6. The molecular formula is C13H25ClN2O2. The van der Waals surface area contributed by atoms with Crippen LogP contribution in [0.3, 0.4) is 0 Å². The Hall–Kier alpha value is -0.770. The van der Waals surface area contributed by atoms with Crippen molar-refractivity contribution in [3.05, 3.63) is 0 Å². The van der Waals surface area contributed by atoms with Gasteiger partial charge in [-0.15, -0.1) is 11.6 Å². The zero-order valence-electron chi connectivity index (χ0n) is 11.8. The van der Waals surface area contributed by atoms with Gasteiger partial charge in [-0.3, -0.25) is 10.1 Å². The fourth-order valence-electron chi connectivity index (χ4n) is 1.52. The third-order valence-corrected chi connectivity index (χ3v) is 2.98. The molecule has 0 spiro atoms. The van der Waals surface area contributed by atoms with Crippen LogP contribution in [0.4, 0.5) is 4.79 Å². The van der Waals surface area contributed by atoms with Crippen LogP contribution in [0.15, 0.2) is 0 Å². The highest BCUT2D eigenvalue weighted by atomic mass is 35.5. The first-order valence-electron chi connectivity index (χ1n) is 6.51. The van der Waals surface area contributed by atoms with Gasteiger partial charge in [0, 0.05) is 6.54 Å². The van der Waals surface area contributed by atoms with Crippen molar-refractivity contribution in [1.82, 2.24) is 10.6 Å². The molecule has 0 aliphatic heterocycles. The highest BCUT2D eigenvalue weighted by Crippen LogP contribution is 2.22. The van der Waals surface area contributed by atoms with E-state index < -0.39 is 17.3 Å². The quantitative estimate of drug-likeness (QED) is 0.555. The van der Waals surface area contributed by atoms with Crippen molar-refractivity contribution in [2.45, 2.75) is 58.8 Å². The number of unbranched alkanes of at least 4 members (excludes halogenated alkanes) is 2. The average molecular weight is 277 g/mol. The van der Waals surface area contributed by atoms with Gasteiger partial charge in [-0.2, -0.15) is 0 Å². The predicted octanol–water partition coefficient (Wildman–Crippen LogP) is 3.05. The van der Waals surface area contributed by atoms with Gasteiger partial charge in [-0.05, 0) is 18.8 Å². The lowest BCUT2D eigenvalue weighted by atomic mass is 9.87. The van der Waals surface area contributed by atoms with Gasteiger partial charge in [-0.1, -0.05) is 40.0 Å². The minimum atomic E-state index is -0.701. The van der Waals surface area contributed by atoms with Crippen molar-refractivity contribution < 1.29 is 9.59 Å². The molecule has 0 aliphatic rings. The van der Waals surface area contributed by atoms with Crippen LogP contribution in [0.25, 0.3) is 0 Å². The minimum Gasteiger partial charge on any atom is -0.337 e. The highest BCUT2D eigenvalue weighted by Gasteiger charge is 2.19. The first kappa shape index (κ1) is 17.2. The van der Waals surface area contributed by atoms with E-state index in [-0.39, 0.29) is 5.41 Å². The van der Waals surface area contributed by atoms with Gasteiger partial charge >= 0.3 is 6.03 Å². The van der Waals surface area contributed by atoms with Crippen molar-refractivity contribution in [2.24, 2.45) is 5.41 Å². The smallest absolute Gasteiger partial charge is 0.321 e. The fourth-order valence-corrected chi connectivity index (χ4v) is 1.57. The van der Waals surface area contributed by atoms with Crippen molar-refractivity contribution >= 4 is 23.5 Å². The second-order valence-electron chi connectivity index (χ2n) is 5.41. The Labute approximate surface area is 115 Å². The predicted molar refractivity (Wildman–Crippen MR) is 74.8 cm³/mol. The monoisotopic (exact) mass is 276 g/mol. The zero-order valence-corrected chi connectivity index (χ0v) is 12.6. The Morgan fingerprint density at radius 2 is 1.89 bits per heavy atom. The molecule has 0 saturated heterocycles. The van der Waals surface area contributed by atoms with Crippen LogP contribution in [-0.4, -0.2) is 23.9 Å². The Morgan fingerprint density at radius 3 is 2.39 bits per heavy atom.